The number of nitrogen functional groups attached to an aromatic ring is 1. The number of nitrogens with one attached hydrogen (secondary N) is 1. The van der Waals surface area contributed by atoms with Crippen LogP contribution in [0, 0.1) is 0 Å². The van der Waals surface area contributed by atoms with Crippen LogP contribution in [-0.2, 0) is 6.54 Å². The van der Waals surface area contributed by atoms with Gasteiger partial charge in [-0.05, 0) is 35.9 Å². The Kier molecular flexibility index (Phi) is 4.48. The average molecular weight is 291 g/mol. The molecule has 2 rings (SSSR count). The van der Waals surface area contributed by atoms with Crippen molar-refractivity contribution in [2.24, 2.45) is 0 Å². The zero-order chi connectivity index (χ0) is 14.5. The normalized spacial score (nSPS) is 10.1. The van der Waals surface area contributed by atoms with E-state index >= 15 is 0 Å². The number of hydrogen-bond donors (Lipinski definition) is 2. The van der Waals surface area contributed by atoms with Gasteiger partial charge in [0.2, 0.25) is 0 Å². The smallest absolute Gasteiger partial charge is 0.255 e. The van der Waals surface area contributed by atoms with Crippen molar-refractivity contribution < 1.29 is 9.53 Å². The highest BCUT2D eigenvalue weighted by molar-refractivity contribution is 6.30. The van der Waals surface area contributed by atoms with Crippen molar-refractivity contribution in [3.63, 3.8) is 0 Å². The molecule has 0 aliphatic rings. The van der Waals surface area contributed by atoms with Gasteiger partial charge in [-0.25, -0.2) is 0 Å². The second-order valence-electron chi connectivity index (χ2n) is 4.27. The molecule has 0 atom stereocenters. The molecule has 0 saturated heterocycles. The minimum Gasteiger partial charge on any atom is -0.496 e. The maximum absolute atomic E-state index is 12.1. The summed E-state index contributed by atoms with van der Waals surface area (Å²) in [6, 6.07) is 12.2. The van der Waals surface area contributed by atoms with E-state index in [4.69, 9.17) is 22.1 Å². The lowest BCUT2D eigenvalue weighted by Crippen LogP contribution is -2.23. The molecule has 2 aromatic rings. The third-order valence-electron chi connectivity index (χ3n) is 2.83. The second kappa shape index (κ2) is 6.30. The maximum atomic E-state index is 12.1. The van der Waals surface area contributed by atoms with Gasteiger partial charge in [-0.1, -0.05) is 23.7 Å². The van der Waals surface area contributed by atoms with Crippen LogP contribution in [0.15, 0.2) is 42.5 Å². The average Bonchev–Trinajstić information content (AvgIpc) is 2.46. The van der Waals surface area contributed by atoms with Crippen molar-refractivity contribution in [3.8, 4) is 5.75 Å². The fourth-order valence-corrected chi connectivity index (χ4v) is 1.91. The number of amides is 1. The number of methoxy groups -OCH3 is 1. The first-order valence-electron chi connectivity index (χ1n) is 6.06. The highest BCUT2D eigenvalue weighted by Crippen LogP contribution is 2.21. The van der Waals surface area contributed by atoms with Gasteiger partial charge in [0.05, 0.1) is 12.7 Å². The predicted octanol–water partition coefficient (Wildman–Crippen LogP) is 2.86. The summed E-state index contributed by atoms with van der Waals surface area (Å²) in [4.78, 5) is 12.1. The number of carbonyl (C=O) groups is 1. The summed E-state index contributed by atoms with van der Waals surface area (Å²) in [5.41, 5.74) is 7.59. The van der Waals surface area contributed by atoms with Crippen LogP contribution in [0.1, 0.15) is 15.9 Å². The molecule has 3 N–H and O–H groups in total. The Morgan fingerprint density at radius 1 is 1.25 bits per heavy atom. The molecule has 0 spiro atoms. The van der Waals surface area contributed by atoms with Gasteiger partial charge in [0.15, 0.2) is 0 Å². The van der Waals surface area contributed by atoms with Crippen LogP contribution < -0.4 is 15.8 Å². The number of carbonyl (C=O) groups excluding carboxylic acids is 1. The molecule has 4 nitrogen and oxygen atoms in total. The Balaban J connectivity index is 2.08. The number of halogens is 1. The number of hydrogen-bond acceptors (Lipinski definition) is 3. The van der Waals surface area contributed by atoms with E-state index in [0.717, 1.165) is 5.56 Å². The molecular weight excluding hydrogens is 276 g/mol. The van der Waals surface area contributed by atoms with E-state index < -0.39 is 0 Å². The molecule has 0 unspecified atom stereocenters. The number of nitrogens with two attached hydrogens (primary N) is 1. The Morgan fingerprint density at radius 2 is 1.95 bits per heavy atom. The molecule has 0 bridgehead atoms. The van der Waals surface area contributed by atoms with Gasteiger partial charge in [0, 0.05) is 17.3 Å². The third-order valence-corrected chi connectivity index (χ3v) is 3.09. The molecule has 0 aromatic heterocycles. The van der Waals surface area contributed by atoms with E-state index in [-0.39, 0.29) is 5.91 Å². The molecule has 0 radical (unpaired) electrons. The molecule has 1 amide bonds. The summed E-state index contributed by atoms with van der Waals surface area (Å²) >= 11 is 5.81. The molecule has 20 heavy (non-hydrogen) atoms. The zero-order valence-corrected chi connectivity index (χ0v) is 11.8. The maximum Gasteiger partial charge on any atom is 0.255 e. The number of rotatable bonds is 4. The fraction of sp³-hybridized carbons (Fsp3) is 0.133. The summed E-state index contributed by atoms with van der Waals surface area (Å²) in [6.45, 7) is 0.411. The Hall–Kier alpha value is -2.20. The fourth-order valence-electron chi connectivity index (χ4n) is 1.78. The molecule has 5 heteroatoms. The van der Waals surface area contributed by atoms with E-state index in [1.807, 2.05) is 12.1 Å². The minimum absolute atomic E-state index is 0.232. The van der Waals surface area contributed by atoms with E-state index in [9.17, 15) is 4.79 Å². The zero-order valence-electron chi connectivity index (χ0n) is 11.0. The van der Waals surface area contributed by atoms with Crippen molar-refractivity contribution in [2.45, 2.75) is 6.54 Å². The van der Waals surface area contributed by atoms with Crippen LogP contribution in [0.25, 0.3) is 0 Å². The summed E-state index contributed by atoms with van der Waals surface area (Å²) in [6.07, 6.45) is 0. The molecule has 0 fully saturated rings. The first-order chi connectivity index (χ1) is 9.60. The van der Waals surface area contributed by atoms with Crippen LogP contribution in [0.2, 0.25) is 5.02 Å². The Bertz CT molecular complexity index is 612. The Labute approximate surface area is 122 Å². The third kappa shape index (κ3) is 3.42. The summed E-state index contributed by atoms with van der Waals surface area (Å²) in [5, 5.41) is 3.48. The topological polar surface area (TPSA) is 64.3 Å². The second-order valence-corrected chi connectivity index (χ2v) is 4.71. The monoisotopic (exact) mass is 290 g/mol. The van der Waals surface area contributed by atoms with E-state index in [1.54, 1.807) is 30.3 Å². The first kappa shape index (κ1) is 14.2. The lowest BCUT2D eigenvalue weighted by Gasteiger charge is -2.10. The van der Waals surface area contributed by atoms with Crippen LogP contribution in [0.4, 0.5) is 5.69 Å². The highest BCUT2D eigenvalue weighted by Gasteiger charge is 2.12. The quantitative estimate of drug-likeness (QED) is 0.851. The molecular formula is C15H15ClN2O2. The van der Waals surface area contributed by atoms with Gasteiger partial charge >= 0.3 is 0 Å². The van der Waals surface area contributed by atoms with E-state index in [1.165, 1.54) is 7.11 Å². The largest absolute Gasteiger partial charge is 0.496 e. The molecule has 2 aromatic carbocycles. The van der Waals surface area contributed by atoms with Crippen LogP contribution in [0.3, 0.4) is 0 Å². The van der Waals surface area contributed by atoms with Crippen LogP contribution in [0.5, 0.6) is 5.75 Å². The summed E-state index contributed by atoms with van der Waals surface area (Å²) in [7, 11) is 1.52. The van der Waals surface area contributed by atoms with E-state index in [0.29, 0.717) is 28.6 Å². The Morgan fingerprint density at radius 3 is 2.60 bits per heavy atom. The lowest BCUT2D eigenvalue weighted by molar-refractivity contribution is 0.0948. The minimum atomic E-state index is -0.232. The summed E-state index contributed by atoms with van der Waals surface area (Å²) in [5.74, 6) is 0.261. The van der Waals surface area contributed by atoms with Crippen molar-refractivity contribution in [1.82, 2.24) is 5.32 Å². The van der Waals surface area contributed by atoms with Crippen molar-refractivity contribution >= 4 is 23.2 Å². The molecule has 104 valence electrons. The predicted molar refractivity (Wildman–Crippen MR) is 80.0 cm³/mol. The number of anilines is 1. The first-order valence-corrected chi connectivity index (χ1v) is 6.44. The number of ether oxygens (including phenoxy) is 1. The standard InChI is InChI=1S/C15H15ClN2O2/c1-20-14-7-6-12(17)8-13(14)15(19)18-9-10-2-4-11(16)5-3-10/h2-8H,9,17H2,1H3,(H,18,19). The van der Waals surface area contributed by atoms with Crippen LogP contribution in [-0.4, -0.2) is 13.0 Å². The molecule has 0 saturated carbocycles. The van der Waals surface area contributed by atoms with Crippen molar-refractivity contribution in [1.29, 1.82) is 0 Å². The highest BCUT2D eigenvalue weighted by atomic mass is 35.5. The van der Waals surface area contributed by atoms with Gasteiger partial charge < -0.3 is 15.8 Å². The lowest BCUT2D eigenvalue weighted by atomic mass is 10.1. The van der Waals surface area contributed by atoms with Gasteiger partial charge in [-0.3, -0.25) is 4.79 Å². The van der Waals surface area contributed by atoms with Crippen LogP contribution >= 0.6 is 11.6 Å². The van der Waals surface area contributed by atoms with Gasteiger partial charge in [0.25, 0.3) is 5.91 Å². The van der Waals surface area contributed by atoms with E-state index in [2.05, 4.69) is 5.32 Å². The van der Waals surface area contributed by atoms with Crippen molar-refractivity contribution in [3.05, 3.63) is 58.6 Å². The molecule has 0 heterocycles. The van der Waals surface area contributed by atoms with Gasteiger partial charge in [-0.2, -0.15) is 0 Å². The van der Waals surface area contributed by atoms with Gasteiger partial charge in [0.1, 0.15) is 5.75 Å². The van der Waals surface area contributed by atoms with Gasteiger partial charge in [-0.15, -0.1) is 0 Å². The summed E-state index contributed by atoms with van der Waals surface area (Å²) < 4.78 is 5.16. The number of benzene rings is 2. The molecule has 0 aliphatic carbocycles. The van der Waals surface area contributed by atoms with Crippen molar-refractivity contribution in [2.75, 3.05) is 12.8 Å². The SMILES string of the molecule is COc1ccc(N)cc1C(=O)NCc1ccc(Cl)cc1. The molecule has 0 aliphatic heterocycles.